The van der Waals surface area contributed by atoms with Gasteiger partial charge in [-0.3, -0.25) is 4.79 Å². The highest BCUT2D eigenvalue weighted by molar-refractivity contribution is 5.98. The van der Waals surface area contributed by atoms with E-state index in [0.29, 0.717) is 17.8 Å². The Balaban J connectivity index is 3.01. The van der Waals surface area contributed by atoms with E-state index >= 15 is 0 Å². The van der Waals surface area contributed by atoms with Gasteiger partial charge in [-0.05, 0) is 19.8 Å². The van der Waals surface area contributed by atoms with Gasteiger partial charge in [0.05, 0.1) is 12.0 Å². The third-order valence-electron chi connectivity index (χ3n) is 3.80. The molecule has 0 spiro atoms. The summed E-state index contributed by atoms with van der Waals surface area (Å²) < 4.78 is 5.91. The lowest BCUT2D eigenvalue weighted by molar-refractivity contribution is -0.126. The molecule has 0 radical (unpaired) electrons. The zero-order chi connectivity index (χ0) is 13.2. The maximum atomic E-state index is 12.1. The molecule has 0 aromatic carbocycles. The number of carbonyl (C=O) groups excluding carboxylic acids is 1. The predicted octanol–water partition coefficient (Wildman–Crippen LogP) is 2.68. The molecule has 3 nitrogen and oxygen atoms in total. The molecule has 1 unspecified atom stereocenters. The van der Waals surface area contributed by atoms with Gasteiger partial charge in [0.15, 0.2) is 5.78 Å². The molecule has 3 heteroatoms. The molecule has 0 saturated carbocycles. The highest BCUT2D eigenvalue weighted by Crippen LogP contribution is 2.32. The number of allylic oxidation sites excluding steroid dienone is 1. The molecule has 1 N–H and O–H groups in total. The van der Waals surface area contributed by atoms with Crippen molar-refractivity contribution in [2.45, 2.75) is 59.7 Å². The number of ketones is 1. The van der Waals surface area contributed by atoms with E-state index in [4.69, 9.17) is 4.74 Å². The summed E-state index contributed by atoms with van der Waals surface area (Å²) in [7, 11) is 0. The number of aliphatic hydroxyl groups is 1. The number of rotatable bonds is 4. The van der Waals surface area contributed by atoms with Crippen LogP contribution in [-0.4, -0.2) is 23.1 Å². The second-order valence-corrected chi connectivity index (χ2v) is 4.97. The molecule has 1 rings (SSSR count). The molecule has 98 valence electrons. The largest absolute Gasteiger partial charge is 0.493 e. The van der Waals surface area contributed by atoms with Crippen LogP contribution in [0.3, 0.4) is 0 Å². The molecule has 0 aromatic rings. The molecule has 17 heavy (non-hydrogen) atoms. The van der Waals surface area contributed by atoms with E-state index in [1.165, 1.54) is 0 Å². The van der Waals surface area contributed by atoms with E-state index in [1.54, 1.807) is 6.92 Å². The quantitative estimate of drug-likeness (QED) is 0.821. The van der Waals surface area contributed by atoms with Crippen molar-refractivity contribution in [3.05, 3.63) is 11.3 Å². The lowest BCUT2D eigenvalue weighted by Gasteiger charge is -2.34. The molecule has 4 atom stereocenters. The molecule has 1 aliphatic heterocycles. The summed E-state index contributed by atoms with van der Waals surface area (Å²) in [5, 5.41) is 9.88. The van der Waals surface area contributed by atoms with Gasteiger partial charge in [-0.25, -0.2) is 0 Å². The lowest BCUT2D eigenvalue weighted by Crippen LogP contribution is -2.37. The average molecular weight is 240 g/mol. The van der Waals surface area contributed by atoms with Crippen LogP contribution in [0, 0.1) is 11.8 Å². The van der Waals surface area contributed by atoms with Crippen LogP contribution in [0.15, 0.2) is 11.3 Å². The van der Waals surface area contributed by atoms with Gasteiger partial charge >= 0.3 is 0 Å². The van der Waals surface area contributed by atoms with Crippen molar-refractivity contribution < 1.29 is 14.6 Å². The predicted molar refractivity (Wildman–Crippen MR) is 67.5 cm³/mol. The molecular weight excluding hydrogens is 216 g/mol. The van der Waals surface area contributed by atoms with Gasteiger partial charge in [-0.2, -0.15) is 0 Å². The maximum absolute atomic E-state index is 12.1. The molecule has 0 bridgehead atoms. The summed E-state index contributed by atoms with van der Waals surface area (Å²) in [6.07, 6.45) is 0.992. The van der Waals surface area contributed by atoms with Crippen LogP contribution in [0.5, 0.6) is 0 Å². The summed E-state index contributed by atoms with van der Waals surface area (Å²) in [5.41, 5.74) is 0.683. The number of hydrogen-bond acceptors (Lipinski definition) is 3. The Morgan fingerprint density at radius 1 is 1.41 bits per heavy atom. The van der Waals surface area contributed by atoms with E-state index in [1.807, 2.05) is 27.7 Å². The van der Waals surface area contributed by atoms with Gasteiger partial charge in [-0.15, -0.1) is 0 Å². The molecular formula is C14H24O3. The van der Waals surface area contributed by atoms with E-state index in [0.717, 1.165) is 6.42 Å². The summed E-state index contributed by atoms with van der Waals surface area (Å²) in [4.78, 5) is 12.1. The Bertz CT molecular complexity index is 319. The van der Waals surface area contributed by atoms with Crippen molar-refractivity contribution in [1.82, 2.24) is 0 Å². The van der Waals surface area contributed by atoms with Crippen LogP contribution in [0.1, 0.15) is 47.5 Å². The molecule has 1 aliphatic rings. The van der Waals surface area contributed by atoms with Gasteiger partial charge in [0.25, 0.3) is 0 Å². The number of aliphatic hydroxyl groups excluding tert-OH is 1. The van der Waals surface area contributed by atoms with E-state index in [-0.39, 0.29) is 23.7 Å². The van der Waals surface area contributed by atoms with Crippen molar-refractivity contribution in [3.8, 4) is 0 Å². The van der Waals surface area contributed by atoms with Gasteiger partial charge in [0, 0.05) is 11.5 Å². The van der Waals surface area contributed by atoms with Crippen molar-refractivity contribution in [3.63, 3.8) is 0 Å². The van der Waals surface area contributed by atoms with E-state index in [2.05, 4.69) is 0 Å². The zero-order valence-corrected chi connectivity index (χ0v) is 11.5. The fourth-order valence-electron chi connectivity index (χ4n) is 2.40. The number of ether oxygens (including phenoxy) is 1. The molecule has 0 aromatic heterocycles. The maximum Gasteiger partial charge on any atom is 0.168 e. The summed E-state index contributed by atoms with van der Waals surface area (Å²) in [6, 6.07) is 0. The monoisotopic (exact) mass is 240 g/mol. The number of Topliss-reactive ketones (excluding diaryl/α,β-unsaturated/α-hetero) is 1. The first-order valence-corrected chi connectivity index (χ1v) is 6.53. The SMILES string of the molecule is CCC(O)[C@H](C)C1=C(C)C(=O)[C@H](C)[C@H](CC)O1. The summed E-state index contributed by atoms with van der Waals surface area (Å²) >= 11 is 0. The van der Waals surface area contributed by atoms with Crippen molar-refractivity contribution >= 4 is 5.78 Å². The second-order valence-electron chi connectivity index (χ2n) is 4.97. The first-order valence-electron chi connectivity index (χ1n) is 6.53. The first-order chi connectivity index (χ1) is 7.93. The van der Waals surface area contributed by atoms with Crippen molar-refractivity contribution in [1.29, 1.82) is 0 Å². The Labute approximate surface area is 104 Å². The van der Waals surface area contributed by atoms with Gasteiger partial charge < -0.3 is 9.84 Å². The van der Waals surface area contributed by atoms with Crippen LogP contribution in [0.2, 0.25) is 0 Å². The zero-order valence-electron chi connectivity index (χ0n) is 11.5. The van der Waals surface area contributed by atoms with Gasteiger partial charge in [0.2, 0.25) is 0 Å². The Hall–Kier alpha value is -0.830. The highest BCUT2D eigenvalue weighted by atomic mass is 16.5. The second kappa shape index (κ2) is 5.67. The minimum atomic E-state index is -0.446. The van der Waals surface area contributed by atoms with Crippen molar-refractivity contribution in [2.24, 2.45) is 11.8 Å². The molecule has 0 fully saturated rings. The Morgan fingerprint density at radius 3 is 2.47 bits per heavy atom. The normalized spacial score (nSPS) is 28.9. The standard InChI is InChI=1S/C14H24O3/c1-6-11(15)8(3)14-10(5)13(16)9(4)12(7-2)17-14/h8-9,11-12,15H,6-7H2,1-5H3/t8-,9+,11?,12-/m0/s1. The van der Waals surface area contributed by atoms with Crippen molar-refractivity contribution in [2.75, 3.05) is 0 Å². The molecule has 0 saturated heterocycles. The molecule has 0 amide bonds. The average Bonchev–Trinajstić information content (AvgIpc) is 2.34. The highest BCUT2D eigenvalue weighted by Gasteiger charge is 2.35. The Kier molecular flexibility index (Phi) is 4.75. The van der Waals surface area contributed by atoms with Gasteiger partial charge in [-0.1, -0.05) is 27.7 Å². The minimum Gasteiger partial charge on any atom is -0.493 e. The topological polar surface area (TPSA) is 46.5 Å². The third kappa shape index (κ3) is 2.71. The van der Waals surface area contributed by atoms with Gasteiger partial charge in [0.1, 0.15) is 11.9 Å². The van der Waals surface area contributed by atoms with Crippen LogP contribution in [0.25, 0.3) is 0 Å². The Morgan fingerprint density at radius 2 is 2.00 bits per heavy atom. The van der Waals surface area contributed by atoms with E-state index < -0.39 is 6.10 Å². The third-order valence-corrected chi connectivity index (χ3v) is 3.80. The van der Waals surface area contributed by atoms with E-state index in [9.17, 15) is 9.90 Å². The fraction of sp³-hybridized carbons (Fsp3) is 0.786. The van der Waals surface area contributed by atoms with Crippen LogP contribution < -0.4 is 0 Å². The smallest absolute Gasteiger partial charge is 0.168 e. The molecule has 0 aliphatic carbocycles. The molecule has 1 heterocycles. The van der Waals surface area contributed by atoms with Crippen LogP contribution >= 0.6 is 0 Å². The number of carbonyl (C=O) groups is 1. The summed E-state index contributed by atoms with van der Waals surface area (Å²) in [6.45, 7) is 9.59. The fourth-order valence-corrected chi connectivity index (χ4v) is 2.40. The lowest BCUT2D eigenvalue weighted by atomic mass is 9.86. The first kappa shape index (κ1) is 14.2. The number of hydrogen-bond donors (Lipinski definition) is 1. The van der Waals surface area contributed by atoms with Crippen LogP contribution in [0.4, 0.5) is 0 Å². The summed E-state index contributed by atoms with van der Waals surface area (Å²) in [5.74, 6) is 0.669. The van der Waals surface area contributed by atoms with Crippen LogP contribution in [-0.2, 0) is 9.53 Å². The minimum absolute atomic E-state index is 0.0484.